The molecule has 3 aliphatic rings. The predicted octanol–water partition coefficient (Wildman–Crippen LogP) is 4.06. The number of carbonyl (C=O) groups excluding carboxylic acids is 5. The Morgan fingerprint density at radius 2 is 1.64 bits per heavy atom. The SMILES string of the molecule is COc1cc(-c2cn(C)c(=O)c3cnccc23)cc(OC)c1CC(CCCCCCCNc1cccc2c1C(=O)N(C1CCC(=O)N(C)C1=O)C2=O)NC(=O)C1CNC1. The van der Waals surface area contributed by atoms with Gasteiger partial charge >= 0.3 is 0 Å². The molecule has 15 nitrogen and oxygen atoms in total. The van der Waals surface area contributed by atoms with E-state index < -0.39 is 23.8 Å². The van der Waals surface area contributed by atoms with Crippen LogP contribution in [0.1, 0.15) is 77.6 Å². The summed E-state index contributed by atoms with van der Waals surface area (Å²) in [5.41, 5.74) is 3.45. The molecule has 0 saturated carbocycles. The van der Waals surface area contributed by atoms with Crippen molar-refractivity contribution in [3.05, 3.63) is 82.0 Å². The number of likely N-dealkylation sites (tertiary alicyclic amines) is 1. The largest absolute Gasteiger partial charge is 0.496 e. The van der Waals surface area contributed by atoms with Crippen LogP contribution in [0.15, 0.2) is 59.8 Å². The van der Waals surface area contributed by atoms with Crippen molar-refractivity contribution < 1.29 is 33.4 Å². The maximum absolute atomic E-state index is 13.5. The number of aryl methyl sites for hydroxylation is 1. The summed E-state index contributed by atoms with van der Waals surface area (Å²) in [7, 11) is 6.33. The quantitative estimate of drug-likeness (QED) is 0.103. The fraction of sp³-hybridized carbons (Fsp3) is 0.432. The second-order valence-corrected chi connectivity index (χ2v) is 15.5. The van der Waals surface area contributed by atoms with Crippen molar-refractivity contribution in [1.82, 2.24) is 30.0 Å². The van der Waals surface area contributed by atoms with Crippen LogP contribution in [-0.2, 0) is 27.9 Å². The molecule has 5 amide bonds. The molecular weight excluding hydrogens is 755 g/mol. The van der Waals surface area contributed by atoms with E-state index in [0.29, 0.717) is 48.6 Å². The van der Waals surface area contributed by atoms with Crippen LogP contribution in [0.3, 0.4) is 0 Å². The number of methoxy groups -OCH3 is 2. The summed E-state index contributed by atoms with van der Waals surface area (Å²) in [6.45, 7) is 1.91. The number of unbranched alkanes of at least 4 members (excludes halogenated alkanes) is 4. The zero-order valence-electron chi connectivity index (χ0n) is 34.0. The minimum absolute atomic E-state index is 0.0307. The molecule has 4 aromatic rings. The van der Waals surface area contributed by atoms with Crippen molar-refractivity contribution in [3.63, 3.8) is 0 Å². The second kappa shape index (κ2) is 17.8. The first-order chi connectivity index (χ1) is 28.5. The number of likely N-dealkylation sites (N-methyl/N-ethyl adjacent to an activating group) is 1. The fourth-order valence-electron chi connectivity index (χ4n) is 8.29. The summed E-state index contributed by atoms with van der Waals surface area (Å²) < 4.78 is 13.4. The van der Waals surface area contributed by atoms with Gasteiger partial charge in [-0.2, -0.15) is 0 Å². The molecule has 2 saturated heterocycles. The zero-order valence-corrected chi connectivity index (χ0v) is 34.0. The summed E-state index contributed by atoms with van der Waals surface area (Å²) >= 11 is 0. The molecule has 310 valence electrons. The maximum Gasteiger partial charge on any atom is 0.264 e. The standard InChI is InChI=1S/C44H51N7O8/c1-49-25-33(29-16-18-45-24-32(29)41(49)54)26-19-36(58-3)31(37(20-26)59-4)21-28(48-40(53)27-22-46-23-27)11-8-6-5-7-9-17-47-34-13-10-12-30-39(34)44(57)51(42(30)55)35-14-15-38(52)50(2)43(35)56/h10,12-13,16,18-20,24-25,27-28,35,46-47H,5-9,11,14-15,17,21-23H2,1-4H3,(H,48,53). The lowest BCUT2D eigenvalue weighted by atomic mass is 9.94. The van der Waals surface area contributed by atoms with Crippen molar-refractivity contribution >= 4 is 46.0 Å². The minimum Gasteiger partial charge on any atom is -0.496 e. The van der Waals surface area contributed by atoms with Gasteiger partial charge in [-0.25, -0.2) is 0 Å². The van der Waals surface area contributed by atoms with Crippen LogP contribution in [-0.4, -0.2) is 102 Å². The summed E-state index contributed by atoms with van der Waals surface area (Å²) in [5.74, 6) is -0.689. The number of carbonyl (C=O) groups is 5. The molecule has 3 aliphatic heterocycles. The maximum atomic E-state index is 13.5. The Hall–Kier alpha value is -6.09. The molecule has 0 bridgehead atoms. The number of rotatable bonds is 17. The Balaban J connectivity index is 0.958. The smallest absolute Gasteiger partial charge is 0.264 e. The van der Waals surface area contributed by atoms with E-state index in [4.69, 9.17) is 9.47 Å². The summed E-state index contributed by atoms with van der Waals surface area (Å²) in [6.07, 6.45) is 11.1. The number of anilines is 1. The number of hydrogen-bond acceptors (Lipinski definition) is 11. The molecule has 2 unspecified atom stereocenters. The van der Waals surface area contributed by atoms with Crippen LogP contribution in [0, 0.1) is 5.92 Å². The van der Waals surface area contributed by atoms with E-state index in [1.165, 1.54) is 7.05 Å². The lowest BCUT2D eigenvalue weighted by Crippen LogP contribution is -2.54. The number of ether oxygens (including phenoxy) is 2. The zero-order chi connectivity index (χ0) is 41.8. The number of amides is 5. The van der Waals surface area contributed by atoms with Gasteiger partial charge in [0.1, 0.15) is 17.5 Å². The summed E-state index contributed by atoms with van der Waals surface area (Å²) in [6, 6.07) is 9.66. The minimum atomic E-state index is -0.997. The number of pyridine rings is 2. The molecule has 3 N–H and O–H groups in total. The predicted molar refractivity (Wildman–Crippen MR) is 221 cm³/mol. The Morgan fingerprint density at radius 1 is 0.915 bits per heavy atom. The number of piperidine rings is 1. The molecule has 0 aliphatic carbocycles. The van der Waals surface area contributed by atoms with E-state index in [0.717, 1.165) is 70.4 Å². The molecule has 0 radical (unpaired) electrons. The van der Waals surface area contributed by atoms with Gasteiger partial charge in [-0.3, -0.25) is 43.6 Å². The highest BCUT2D eigenvalue weighted by molar-refractivity contribution is 6.25. The van der Waals surface area contributed by atoms with E-state index >= 15 is 0 Å². The van der Waals surface area contributed by atoms with Gasteiger partial charge in [0.25, 0.3) is 23.3 Å². The first kappa shape index (κ1) is 41.1. The Morgan fingerprint density at radius 3 is 2.36 bits per heavy atom. The third-order valence-corrected chi connectivity index (χ3v) is 11.8. The van der Waals surface area contributed by atoms with Crippen LogP contribution < -0.4 is 31.0 Å². The number of nitrogens with one attached hydrogen (secondary N) is 3. The van der Waals surface area contributed by atoms with Gasteiger partial charge in [-0.1, -0.05) is 31.7 Å². The lowest BCUT2D eigenvalue weighted by molar-refractivity contribution is -0.149. The molecule has 2 aromatic heterocycles. The number of hydrogen-bond donors (Lipinski definition) is 3. The van der Waals surface area contributed by atoms with Crippen LogP contribution in [0.25, 0.3) is 21.9 Å². The normalized spacial score (nSPS) is 17.3. The Labute approximate surface area is 342 Å². The number of benzene rings is 2. The van der Waals surface area contributed by atoms with Crippen molar-refractivity contribution in [2.75, 3.05) is 46.2 Å². The average molecular weight is 806 g/mol. The highest BCUT2D eigenvalue weighted by Crippen LogP contribution is 2.38. The van der Waals surface area contributed by atoms with Crippen molar-refractivity contribution in [2.24, 2.45) is 13.0 Å². The molecule has 2 aromatic carbocycles. The van der Waals surface area contributed by atoms with Crippen LogP contribution in [0.2, 0.25) is 0 Å². The van der Waals surface area contributed by atoms with E-state index in [1.54, 1.807) is 62.6 Å². The second-order valence-electron chi connectivity index (χ2n) is 15.5. The van der Waals surface area contributed by atoms with E-state index in [2.05, 4.69) is 20.9 Å². The van der Waals surface area contributed by atoms with Gasteiger partial charge < -0.3 is 30.0 Å². The number of imide groups is 2. The van der Waals surface area contributed by atoms with Gasteiger partial charge in [0, 0.05) is 81.6 Å². The third kappa shape index (κ3) is 8.29. The van der Waals surface area contributed by atoms with Crippen molar-refractivity contribution in [1.29, 1.82) is 0 Å². The van der Waals surface area contributed by atoms with E-state index in [1.807, 2.05) is 18.2 Å². The Kier molecular flexibility index (Phi) is 12.4. The van der Waals surface area contributed by atoms with Gasteiger partial charge in [0.05, 0.1) is 36.7 Å². The topological polar surface area (TPSA) is 181 Å². The Bertz CT molecular complexity index is 2330. The molecule has 2 fully saturated rings. The van der Waals surface area contributed by atoms with Gasteiger partial charge in [-0.15, -0.1) is 0 Å². The molecule has 5 heterocycles. The van der Waals surface area contributed by atoms with Crippen molar-refractivity contribution in [2.45, 2.75) is 69.9 Å². The third-order valence-electron chi connectivity index (χ3n) is 11.8. The molecule has 2 atom stereocenters. The van der Waals surface area contributed by atoms with Gasteiger partial charge in [-0.05, 0) is 67.0 Å². The van der Waals surface area contributed by atoms with E-state index in [-0.39, 0.29) is 53.3 Å². The monoisotopic (exact) mass is 805 g/mol. The average Bonchev–Trinajstić information content (AvgIpc) is 3.47. The molecular formula is C44H51N7O8. The number of fused-ring (bicyclic) bond motifs is 2. The van der Waals surface area contributed by atoms with Gasteiger partial charge in [0.2, 0.25) is 11.8 Å². The molecule has 15 heteroatoms. The van der Waals surface area contributed by atoms with Crippen LogP contribution in [0.4, 0.5) is 5.69 Å². The fourth-order valence-corrected chi connectivity index (χ4v) is 8.29. The lowest BCUT2D eigenvalue weighted by Gasteiger charge is -2.32. The molecule has 59 heavy (non-hydrogen) atoms. The van der Waals surface area contributed by atoms with Crippen LogP contribution in [0.5, 0.6) is 11.5 Å². The van der Waals surface area contributed by atoms with Gasteiger partial charge in [0.15, 0.2) is 0 Å². The van der Waals surface area contributed by atoms with Crippen LogP contribution >= 0.6 is 0 Å². The highest BCUT2D eigenvalue weighted by atomic mass is 16.5. The van der Waals surface area contributed by atoms with E-state index in [9.17, 15) is 28.8 Å². The molecule has 7 rings (SSSR count). The summed E-state index contributed by atoms with van der Waals surface area (Å²) in [5, 5.41) is 11.1. The highest BCUT2D eigenvalue weighted by Gasteiger charge is 2.47. The first-order valence-corrected chi connectivity index (χ1v) is 20.3. The molecule has 0 spiro atoms. The number of nitrogens with zero attached hydrogens (tertiary/aromatic N) is 4. The first-order valence-electron chi connectivity index (χ1n) is 20.3. The number of aromatic nitrogens is 2. The summed E-state index contributed by atoms with van der Waals surface area (Å²) in [4.78, 5) is 83.9. The van der Waals surface area contributed by atoms with Crippen molar-refractivity contribution in [3.8, 4) is 22.6 Å².